The minimum atomic E-state index is 0.666. The Balaban J connectivity index is 2.18. The van der Waals surface area contributed by atoms with Crippen LogP contribution in [-0.4, -0.2) is 19.3 Å². The van der Waals surface area contributed by atoms with E-state index in [0.717, 1.165) is 16.7 Å². The van der Waals surface area contributed by atoms with E-state index in [1.54, 1.807) is 6.20 Å². The van der Waals surface area contributed by atoms with Crippen LogP contribution in [-0.2, 0) is 13.6 Å². The van der Waals surface area contributed by atoms with Gasteiger partial charge in [-0.3, -0.25) is 4.68 Å². The van der Waals surface area contributed by atoms with E-state index in [2.05, 4.69) is 10.1 Å². The van der Waals surface area contributed by atoms with Gasteiger partial charge in [-0.2, -0.15) is 5.10 Å². The average molecular weight is 279 g/mol. The normalized spacial score (nSPS) is 11.2. The van der Waals surface area contributed by atoms with Crippen LogP contribution in [0.15, 0.2) is 30.5 Å². The third-order valence-electron chi connectivity index (χ3n) is 3.00. The lowest BCUT2D eigenvalue weighted by Crippen LogP contribution is -2.05. The van der Waals surface area contributed by atoms with E-state index in [1.165, 1.54) is 0 Å². The number of hydrogen-bond acceptors (Lipinski definition) is 2. The van der Waals surface area contributed by atoms with Crippen LogP contribution in [0.4, 0.5) is 0 Å². The van der Waals surface area contributed by atoms with Crippen molar-refractivity contribution in [1.82, 2.24) is 19.3 Å². The molecule has 0 amide bonds. The van der Waals surface area contributed by atoms with Crippen LogP contribution in [0, 0.1) is 4.77 Å². The fraction of sp³-hybridized carbons (Fsp3) is 0.167. The van der Waals surface area contributed by atoms with Gasteiger partial charge in [-0.1, -0.05) is 17.7 Å². The van der Waals surface area contributed by atoms with Gasteiger partial charge in [0.25, 0.3) is 0 Å². The van der Waals surface area contributed by atoms with Gasteiger partial charge in [0.05, 0.1) is 28.3 Å². The summed E-state index contributed by atoms with van der Waals surface area (Å²) in [6.07, 6.45) is 1.78. The van der Waals surface area contributed by atoms with Crippen molar-refractivity contribution < 1.29 is 0 Å². The summed E-state index contributed by atoms with van der Waals surface area (Å²) in [5.41, 5.74) is 2.98. The van der Waals surface area contributed by atoms with Gasteiger partial charge >= 0.3 is 0 Å². The summed E-state index contributed by atoms with van der Waals surface area (Å²) in [6.45, 7) is 0.676. The topological polar surface area (TPSA) is 38.5 Å². The Morgan fingerprint density at radius 3 is 2.94 bits per heavy atom. The van der Waals surface area contributed by atoms with Crippen molar-refractivity contribution in [3.8, 4) is 0 Å². The molecule has 3 aromatic rings. The number of fused-ring (bicyclic) bond motifs is 1. The highest BCUT2D eigenvalue weighted by atomic mass is 35.5. The van der Waals surface area contributed by atoms with E-state index < -0.39 is 0 Å². The van der Waals surface area contributed by atoms with Crippen LogP contribution in [0.2, 0.25) is 5.02 Å². The molecule has 1 aromatic carbocycles. The number of aryl methyl sites for hydroxylation is 1. The molecular weight excluding hydrogens is 268 g/mol. The molecule has 0 spiro atoms. The van der Waals surface area contributed by atoms with Crippen molar-refractivity contribution >= 4 is 34.9 Å². The number of nitrogens with one attached hydrogen (secondary N) is 1. The number of halogens is 1. The van der Waals surface area contributed by atoms with Crippen LogP contribution in [0.3, 0.4) is 0 Å². The summed E-state index contributed by atoms with van der Waals surface area (Å²) in [5, 5.41) is 4.84. The number of aromatic nitrogens is 4. The van der Waals surface area contributed by atoms with Crippen LogP contribution >= 0.6 is 23.8 Å². The first kappa shape index (κ1) is 11.5. The highest BCUT2D eigenvalue weighted by Gasteiger charge is 2.08. The Labute approximate surface area is 114 Å². The molecule has 1 N–H and O–H groups in total. The molecular formula is C12H11ClN4S. The Morgan fingerprint density at radius 2 is 2.22 bits per heavy atom. The minimum absolute atomic E-state index is 0.666. The molecule has 0 aliphatic carbocycles. The number of rotatable bonds is 2. The zero-order valence-corrected chi connectivity index (χ0v) is 11.3. The van der Waals surface area contributed by atoms with Crippen LogP contribution in [0.1, 0.15) is 5.69 Å². The minimum Gasteiger partial charge on any atom is -0.329 e. The van der Waals surface area contributed by atoms with Gasteiger partial charge in [-0.05, 0) is 30.4 Å². The maximum Gasteiger partial charge on any atom is 0.178 e. The quantitative estimate of drug-likeness (QED) is 0.732. The molecule has 0 saturated carbocycles. The number of H-pyrrole nitrogens is 1. The molecule has 0 saturated heterocycles. The molecule has 2 heterocycles. The molecule has 0 unspecified atom stereocenters. The van der Waals surface area contributed by atoms with E-state index in [9.17, 15) is 0 Å². The highest BCUT2D eigenvalue weighted by molar-refractivity contribution is 7.71. The molecule has 0 atom stereocenters. The van der Waals surface area contributed by atoms with Gasteiger partial charge in [0.1, 0.15) is 0 Å². The molecule has 3 rings (SSSR count). The first-order chi connectivity index (χ1) is 8.66. The molecule has 0 bridgehead atoms. The fourth-order valence-electron chi connectivity index (χ4n) is 2.02. The van der Waals surface area contributed by atoms with Crippen LogP contribution in [0.25, 0.3) is 11.0 Å². The zero-order valence-electron chi connectivity index (χ0n) is 9.72. The van der Waals surface area contributed by atoms with Crippen molar-refractivity contribution in [3.63, 3.8) is 0 Å². The molecule has 92 valence electrons. The van der Waals surface area contributed by atoms with E-state index in [1.807, 2.05) is 40.6 Å². The van der Waals surface area contributed by atoms with Crippen molar-refractivity contribution in [2.45, 2.75) is 6.54 Å². The largest absolute Gasteiger partial charge is 0.329 e. The summed E-state index contributed by atoms with van der Waals surface area (Å²) < 4.78 is 4.53. The van der Waals surface area contributed by atoms with Gasteiger partial charge in [-0.15, -0.1) is 0 Å². The number of para-hydroxylation sites is 1. The summed E-state index contributed by atoms with van der Waals surface area (Å²) >= 11 is 11.5. The second kappa shape index (κ2) is 4.26. The van der Waals surface area contributed by atoms with Gasteiger partial charge < -0.3 is 9.55 Å². The number of hydrogen-bond donors (Lipinski definition) is 1. The Kier molecular flexibility index (Phi) is 2.72. The molecule has 6 heteroatoms. The molecule has 4 nitrogen and oxygen atoms in total. The summed E-state index contributed by atoms with van der Waals surface area (Å²) in [4.78, 5) is 3.14. The standard InChI is InChI=1S/C12H11ClN4S/c1-16-8(5-6-14-16)7-17-10-4-2-3-9(13)11(10)15-12(17)18/h2-6H,7H2,1H3,(H,15,18). The van der Waals surface area contributed by atoms with Crippen molar-refractivity contribution in [2.24, 2.45) is 7.05 Å². The first-order valence-corrected chi connectivity index (χ1v) is 6.29. The summed E-state index contributed by atoms with van der Waals surface area (Å²) in [7, 11) is 1.92. The molecule has 0 aliphatic heterocycles. The molecule has 2 aromatic heterocycles. The van der Waals surface area contributed by atoms with Crippen molar-refractivity contribution in [1.29, 1.82) is 0 Å². The molecule has 0 fully saturated rings. The monoisotopic (exact) mass is 278 g/mol. The Bertz CT molecular complexity index is 768. The van der Waals surface area contributed by atoms with Crippen molar-refractivity contribution in [3.05, 3.63) is 45.9 Å². The third-order valence-corrected chi connectivity index (χ3v) is 3.64. The predicted octanol–water partition coefficient (Wildman–Crippen LogP) is 3.13. The van der Waals surface area contributed by atoms with E-state index in [0.29, 0.717) is 16.3 Å². The van der Waals surface area contributed by atoms with Gasteiger partial charge in [0.15, 0.2) is 4.77 Å². The van der Waals surface area contributed by atoms with Crippen molar-refractivity contribution in [2.75, 3.05) is 0 Å². The lowest BCUT2D eigenvalue weighted by Gasteiger charge is -2.05. The van der Waals surface area contributed by atoms with Crippen LogP contribution < -0.4 is 0 Å². The van der Waals surface area contributed by atoms with Crippen LogP contribution in [0.5, 0.6) is 0 Å². The van der Waals surface area contributed by atoms with E-state index >= 15 is 0 Å². The average Bonchev–Trinajstić information content (AvgIpc) is 2.87. The summed E-state index contributed by atoms with van der Waals surface area (Å²) in [5.74, 6) is 0. The van der Waals surface area contributed by atoms with Gasteiger partial charge in [0.2, 0.25) is 0 Å². The lowest BCUT2D eigenvalue weighted by atomic mass is 10.3. The maximum atomic E-state index is 6.15. The Morgan fingerprint density at radius 1 is 1.39 bits per heavy atom. The predicted molar refractivity (Wildman–Crippen MR) is 74.4 cm³/mol. The SMILES string of the molecule is Cn1nccc1Cn1c(=S)[nH]c2c(Cl)cccc21. The first-order valence-electron chi connectivity index (χ1n) is 5.51. The van der Waals surface area contributed by atoms with Gasteiger partial charge in [-0.25, -0.2) is 0 Å². The second-order valence-corrected chi connectivity index (χ2v) is 4.89. The number of benzene rings is 1. The third kappa shape index (κ3) is 1.76. The zero-order chi connectivity index (χ0) is 12.7. The number of aromatic amines is 1. The van der Waals surface area contributed by atoms with E-state index in [-0.39, 0.29) is 0 Å². The second-order valence-electron chi connectivity index (χ2n) is 4.10. The maximum absolute atomic E-state index is 6.15. The summed E-state index contributed by atoms with van der Waals surface area (Å²) in [6, 6.07) is 7.76. The van der Waals surface area contributed by atoms with E-state index in [4.69, 9.17) is 23.8 Å². The van der Waals surface area contributed by atoms with Gasteiger partial charge in [0, 0.05) is 13.2 Å². The lowest BCUT2D eigenvalue weighted by molar-refractivity contribution is 0.671. The molecule has 0 aliphatic rings. The molecule has 18 heavy (non-hydrogen) atoms. The highest BCUT2D eigenvalue weighted by Crippen LogP contribution is 2.23. The number of imidazole rings is 1. The Hall–Kier alpha value is -1.59. The smallest absolute Gasteiger partial charge is 0.178 e. The fourth-order valence-corrected chi connectivity index (χ4v) is 2.50. The number of nitrogens with zero attached hydrogens (tertiary/aromatic N) is 3. The molecule has 0 radical (unpaired) electrons.